The highest BCUT2D eigenvalue weighted by Crippen LogP contribution is 2.10. The molecule has 0 unspecified atom stereocenters. The Balaban J connectivity index is 2.56. The number of hydrogen-bond acceptors (Lipinski definition) is 3. The first-order valence-electron chi connectivity index (χ1n) is 6.60. The van der Waals surface area contributed by atoms with Gasteiger partial charge in [-0.25, -0.2) is 4.79 Å². The van der Waals surface area contributed by atoms with Crippen LogP contribution >= 0.6 is 0 Å². The molecule has 20 heavy (non-hydrogen) atoms. The van der Waals surface area contributed by atoms with E-state index in [9.17, 15) is 9.90 Å². The summed E-state index contributed by atoms with van der Waals surface area (Å²) in [7, 11) is 3.31. The zero-order valence-corrected chi connectivity index (χ0v) is 12.6. The lowest BCUT2D eigenvalue weighted by Gasteiger charge is -2.25. The molecule has 1 aromatic carbocycles. The van der Waals surface area contributed by atoms with Crippen molar-refractivity contribution < 1.29 is 14.6 Å². The van der Waals surface area contributed by atoms with Crippen LogP contribution in [0.25, 0.3) is 0 Å². The zero-order chi connectivity index (χ0) is 15.2. The molecule has 112 valence electrons. The van der Waals surface area contributed by atoms with Crippen LogP contribution < -0.4 is 5.32 Å². The van der Waals surface area contributed by atoms with Gasteiger partial charge < -0.3 is 20.1 Å². The molecule has 1 aromatic rings. The lowest BCUT2D eigenvalue weighted by atomic mass is 10.1. The van der Waals surface area contributed by atoms with Crippen molar-refractivity contribution in [2.75, 3.05) is 20.7 Å². The van der Waals surface area contributed by atoms with Gasteiger partial charge in [0.25, 0.3) is 0 Å². The summed E-state index contributed by atoms with van der Waals surface area (Å²) in [5.41, 5.74) is 1.18. The molecule has 0 fully saturated rings. The number of ether oxygens (including phenoxy) is 1. The van der Waals surface area contributed by atoms with Crippen LogP contribution in [0.4, 0.5) is 4.79 Å². The SMILES string of the molecule is COCc1ccccc1CNC(=O)N(C)CC(C)(C)O. The number of likely N-dealkylation sites (N-methyl/N-ethyl adjacent to an activating group) is 1. The van der Waals surface area contributed by atoms with Crippen LogP contribution in [0.1, 0.15) is 25.0 Å². The highest BCUT2D eigenvalue weighted by molar-refractivity contribution is 5.73. The Labute approximate surface area is 120 Å². The molecule has 0 atom stereocenters. The van der Waals surface area contributed by atoms with Gasteiger partial charge in [-0.15, -0.1) is 0 Å². The van der Waals surface area contributed by atoms with Crippen molar-refractivity contribution in [1.29, 1.82) is 0 Å². The maximum absolute atomic E-state index is 11.9. The van der Waals surface area contributed by atoms with Gasteiger partial charge in [0.05, 0.1) is 18.8 Å². The highest BCUT2D eigenvalue weighted by atomic mass is 16.5. The van der Waals surface area contributed by atoms with E-state index in [4.69, 9.17) is 4.74 Å². The number of methoxy groups -OCH3 is 1. The number of aliphatic hydroxyl groups is 1. The number of benzene rings is 1. The van der Waals surface area contributed by atoms with Crippen molar-refractivity contribution in [2.45, 2.75) is 32.6 Å². The third-order valence-electron chi connectivity index (χ3n) is 2.82. The minimum Gasteiger partial charge on any atom is -0.389 e. The monoisotopic (exact) mass is 280 g/mol. The van der Waals surface area contributed by atoms with Crippen LogP contribution in [-0.4, -0.2) is 42.3 Å². The van der Waals surface area contributed by atoms with Gasteiger partial charge in [-0.2, -0.15) is 0 Å². The summed E-state index contributed by atoms with van der Waals surface area (Å²) in [5.74, 6) is 0. The predicted octanol–water partition coefficient (Wildman–Crippen LogP) is 1.75. The average Bonchev–Trinajstić information content (AvgIpc) is 2.35. The van der Waals surface area contributed by atoms with Gasteiger partial charge in [-0.05, 0) is 25.0 Å². The third-order valence-corrected chi connectivity index (χ3v) is 2.82. The molecule has 5 heteroatoms. The van der Waals surface area contributed by atoms with E-state index in [0.717, 1.165) is 11.1 Å². The molecular weight excluding hydrogens is 256 g/mol. The van der Waals surface area contributed by atoms with Gasteiger partial charge >= 0.3 is 6.03 Å². The quantitative estimate of drug-likeness (QED) is 0.834. The van der Waals surface area contributed by atoms with E-state index < -0.39 is 5.60 Å². The molecule has 1 rings (SSSR count). The van der Waals surface area contributed by atoms with Crippen molar-refractivity contribution in [3.8, 4) is 0 Å². The van der Waals surface area contributed by atoms with Gasteiger partial charge in [0.1, 0.15) is 0 Å². The number of carbonyl (C=O) groups excluding carboxylic acids is 1. The third kappa shape index (κ3) is 5.59. The summed E-state index contributed by atoms with van der Waals surface area (Å²) in [6, 6.07) is 7.61. The molecule has 0 radical (unpaired) electrons. The van der Waals surface area contributed by atoms with E-state index in [0.29, 0.717) is 13.2 Å². The summed E-state index contributed by atoms with van der Waals surface area (Å²) >= 11 is 0. The van der Waals surface area contributed by atoms with Gasteiger partial charge in [0.15, 0.2) is 0 Å². The fourth-order valence-corrected chi connectivity index (χ4v) is 1.98. The second-order valence-corrected chi connectivity index (χ2v) is 5.53. The minimum absolute atomic E-state index is 0.209. The summed E-state index contributed by atoms with van der Waals surface area (Å²) in [5, 5.41) is 12.5. The standard InChI is InChI=1S/C15H24N2O3/c1-15(2,19)11-17(3)14(18)16-9-12-7-5-6-8-13(12)10-20-4/h5-8,19H,9-11H2,1-4H3,(H,16,18). The number of amides is 2. The molecule has 0 spiro atoms. The summed E-state index contributed by atoms with van der Waals surface area (Å²) < 4.78 is 5.13. The predicted molar refractivity (Wildman–Crippen MR) is 78.3 cm³/mol. The highest BCUT2D eigenvalue weighted by Gasteiger charge is 2.19. The number of rotatable bonds is 6. The van der Waals surface area contributed by atoms with Gasteiger partial charge in [-0.1, -0.05) is 24.3 Å². The number of carbonyl (C=O) groups is 1. The first-order valence-corrected chi connectivity index (χ1v) is 6.60. The molecule has 2 N–H and O–H groups in total. The molecule has 0 aliphatic carbocycles. The minimum atomic E-state index is -0.903. The number of nitrogens with one attached hydrogen (secondary N) is 1. The topological polar surface area (TPSA) is 61.8 Å². The Hall–Kier alpha value is -1.59. The molecule has 0 saturated heterocycles. The molecule has 0 aromatic heterocycles. The van der Waals surface area contributed by atoms with Crippen LogP contribution in [0, 0.1) is 0 Å². The zero-order valence-electron chi connectivity index (χ0n) is 12.6. The lowest BCUT2D eigenvalue weighted by molar-refractivity contribution is 0.0531. The van der Waals surface area contributed by atoms with Crippen molar-refractivity contribution in [1.82, 2.24) is 10.2 Å². The first-order chi connectivity index (χ1) is 9.33. The summed E-state index contributed by atoms with van der Waals surface area (Å²) in [4.78, 5) is 13.4. The van der Waals surface area contributed by atoms with Crippen molar-refractivity contribution in [3.05, 3.63) is 35.4 Å². The van der Waals surface area contributed by atoms with Gasteiger partial charge in [0, 0.05) is 20.7 Å². The normalized spacial score (nSPS) is 11.2. The smallest absolute Gasteiger partial charge is 0.317 e. The molecule has 2 amide bonds. The molecule has 5 nitrogen and oxygen atoms in total. The molecule has 0 saturated carbocycles. The van der Waals surface area contributed by atoms with Crippen LogP contribution in [0.5, 0.6) is 0 Å². The van der Waals surface area contributed by atoms with Crippen LogP contribution in [0.2, 0.25) is 0 Å². The van der Waals surface area contributed by atoms with E-state index in [-0.39, 0.29) is 12.6 Å². The van der Waals surface area contributed by atoms with Crippen molar-refractivity contribution >= 4 is 6.03 Å². The summed E-state index contributed by atoms with van der Waals surface area (Å²) in [6.45, 7) is 4.58. The number of nitrogens with zero attached hydrogens (tertiary/aromatic N) is 1. The Kier molecular flexibility index (Phi) is 5.98. The Morgan fingerprint density at radius 2 is 1.95 bits per heavy atom. The van der Waals surface area contributed by atoms with Crippen LogP contribution in [-0.2, 0) is 17.9 Å². The second kappa shape index (κ2) is 7.26. The number of urea groups is 1. The van der Waals surface area contributed by atoms with Crippen molar-refractivity contribution in [3.63, 3.8) is 0 Å². The van der Waals surface area contributed by atoms with Gasteiger partial charge in [0.2, 0.25) is 0 Å². The maximum Gasteiger partial charge on any atom is 0.317 e. The Morgan fingerprint density at radius 3 is 2.50 bits per heavy atom. The molecule has 0 bridgehead atoms. The number of hydrogen-bond donors (Lipinski definition) is 2. The fraction of sp³-hybridized carbons (Fsp3) is 0.533. The maximum atomic E-state index is 11.9. The fourth-order valence-electron chi connectivity index (χ4n) is 1.98. The Bertz CT molecular complexity index is 441. The molecule has 0 aliphatic rings. The van der Waals surface area contributed by atoms with Crippen molar-refractivity contribution in [2.24, 2.45) is 0 Å². The largest absolute Gasteiger partial charge is 0.389 e. The van der Waals surface area contributed by atoms with Crippen LogP contribution in [0.15, 0.2) is 24.3 Å². The van der Waals surface area contributed by atoms with Gasteiger partial charge in [-0.3, -0.25) is 0 Å². The van der Waals surface area contributed by atoms with E-state index in [1.807, 2.05) is 24.3 Å². The molecule has 0 aliphatic heterocycles. The average molecular weight is 280 g/mol. The lowest BCUT2D eigenvalue weighted by Crippen LogP contribution is -2.44. The van der Waals surface area contributed by atoms with Crippen LogP contribution in [0.3, 0.4) is 0 Å². The second-order valence-electron chi connectivity index (χ2n) is 5.53. The Morgan fingerprint density at radius 1 is 1.35 bits per heavy atom. The van der Waals surface area contributed by atoms with E-state index in [2.05, 4.69) is 5.32 Å². The summed E-state index contributed by atoms with van der Waals surface area (Å²) in [6.07, 6.45) is 0. The first kappa shape index (κ1) is 16.5. The molecule has 0 heterocycles. The molecular formula is C15H24N2O3. The van der Waals surface area contributed by atoms with E-state index in [1.165, 1.54) is 4.90 Å². The van der Waals surface area contributed by atoms with E-state index in [1.54, 1.807) is 28.0 Å². The van der Waals surface area contributed by atoms with E-state index >= 15 is 0 Å².